The summed E-state index contributed by atoms with van der Waals surface area (Å²) in [6.45, 7) is 0.861. The van der Waals surface area contributed by atoms with Gasteiger partial charge in [0.05, 0.1) is 36.1 Å². The zero-order valence-corrected chi connectivity index (χ0v) is 13.9. The predicted octanol–water partition coefficient (Wildman–Crippen LogP) is 2.14. The van der Waals surface area contributed by atoms with Gasteiger partial charge in [0.25, 0.3) is 5.91 Å². The third kappa shape index (κ3) is 2.37. The number of pyridine rings is 1. The lowest BCUT2D eigenvalue weighted by Crippen LogP contribution is -2.45. The maximum absolute atomic E-state index is 13.0. The lowest BCUT2D eigenvalue weighted by atomic mass is 9.98. The predicted molar refractivity (Wildman–Crippen MR) is 90.0 cm³/mol. The standard InChI is InChI=1S/C17H16N4O2S/c1-20-13-9-21(8-12-4-2-3-6-18-12)16(22)14(13)15(19-17(20)23)11-5-7-24-10-11/h2-7,10,15H,8-9H2,1H3,(H,19,23). The highest BCUT2D eigenvalue weighted by Crippen LogP contribution is 2.36. The highest BCUT2D eigenvalue weighted by atomic mass is 32.1. The number of nitrogens with zero attached hydrogens (tertiary/aromatic N) is 3. The van der Waals surface area contributed by atoms with Crippen LogP contribution in [0.2, 0.25) is 0 Å². The van der Waals surface area contributed by atoms with Crippen molar-refractivity contribution >= 4 is 23.3 Å². The summed E-state index contributed by atoms with van der Waals surface area (Å²) >= 11 is 1.55. The Morgan fingerprint density at radius 3 is 2.92 bits per heavy atom. The number of aromatic nitrogens is 1. The summed E-state index contributed by atoms with van der Waals surface area (Å²) < 4.78 is 0. The molecule has 2 aromatic rings. The van der Waals surface area contributed by atoms with Crippen molar-refractivity contribution in [3.8, 4) is 0 Å². The first kappa shape index (κ1) is 14.9. The fourth-order valence-corrected chi connectivity index (χ4v) is 3.81. The number of amides is 3. The van der Waals surface area contributed by atoms with E-state index in [1.54, 1.807) is 29.5 Å². The van der Waals surface area contributed by atoms with Crippen molar-refractivity contribution in [2.45, 2.75) is 12.6 Å². The quantitative estimate of drug-likeness (QED) is 0.931. The van der Waals surface area contributed by atoms with E-state index < -0.39 is 0 Å². The molecular weight excluding hydrogens is 324 g/mol. The molecular formula is C17H16N4O2S. The summed E-state index contributed by atoms with van der Waals surface area (Å²) in [5.74, 6) is -0.0429. The van der Waals surface area contributed by atoms with Crippen LogP contribution in [0.1, 0.15) is 17.3 Å². The van der Waals surface area contributed by atoms with Gasteiger partial charge < -0.3 is 10.2 Å². The smallest absolute Gasteiger partial charge is 0.322 e. The number of thiophene rings is 1. The van der Waals surface area contributed by atoms with Gasteiger partial charge in [-0.1, -0.05) is 6.07 Å². The first-order chi connectivity index (χ1) is 11.6. The number of carbonyl (C=O) groups is 2. The van der Waals surface area contributed by atoms with E-state index in [-0.39, 0.29) is 18.0 Å². The minimum Gasteiger partial charge on any atom is -0.327 e. The van der Waals surface area contributed by atoms with Crippen molar-refractivity contribution in [2.24, 2.45) is 0 Å². The molecule has 0 aliphatic carbocycles. The zero-order valence-electron chi connectivity index (χ0n) is 13.1. The van der Waals surface area contributed by atoms with Crippen LogP contribution in [-0.2, 0) is 11.3 Å². The Hall–Kier alpha value is -2.67. The zero-order chi connectivity index (χ0) is 16.7. The lowest BCUT2D eigenvalue weighted by Gasteiger charge is -2.30. The first-order valence-electron chi connectivity index (χ1n) is 7.63. The van der Waals surface area contributed by atoms with Gasteiger partial charge in [-0.25, -0.2) is 4.79 Å². The lowest BCUT2D eigenvalue weighted by molar-refractivity contribution is -0.126. The van der Waals surface area contributed by atoms with Crippen molar-refractivity contribution in [3.05, 3.63) is 63.7 Å². The molecule has 24 heavy (non-hydrogen) atoms. The Kier molecular flexibility index (Phi) is 3.57. The molecule has 0 saturated carbocycles. The van der Waals surface area contributed by atoms with E-state index in [1.807, 2.05) is 35.0 Å². The number of carbonyl (C=O) groups excluding carboxylic acids is 2. The molecule has 1 atom stereocenters. The molecule has 3 amide bonds. The van der Waals surface area contributed by atoms with Crippen LogP contribution in [0.15, 0.2) is 52.5 Å². The highest BCUT2D eigenvalue weighted by molar-refractivity contribution is 7.08. The van der Waals surface area contributed by atoms with Crippen molar-refractivity contribution in [3.63, 3.8) is 0 Å². The van der Waals surface area contributed by atoms with Gasteiger partial charge in [0, 0.05) is 13.2 Å². The number of rotatable bonds is 3. The molecule has 2 aromatic heterocycles. The van der Waals surface area contributed by atoms with Gasteiger partial charge >= 0.3 is 6.03 Å². The fraction of sp³-hybridized carbons (Fsp3) is 0.235. The van der Waals surface area contributed by atoms with E-state index in [4.69, 9.17) is 0 Å². The molecule has 4 rings (SSSR count). The van der Waals surface area contributed by atoms with Crippen LogP contribution in [0.4, 0.5) is 4.79 Å². The van der Waals surface area contributed by atoms with Crippen molar-refractivity contribution in [1.29, 1.82) is 0 Å². The van der Waals surface area contributed by atoms with Crippen LogP contribution in [0.5, 0.6) is 0 Å². The summed E-state index contributed by atoms with van der Waals surface area (Å²) in [6, 6.07) is 7.03. The Morgan fingerprint density at radius 1 is 1.33 bits per heavy atom. The van der Waals surface area contributed by atoms with Gasteiger partial charge in [-0.15, -0.1) is 0 Å². The normalized spacial score (nSPS) is 20.5. The largest absolute Gasteiger partial charge is 0.327 e. The van der Waals surface area contributed by atoms with Crippen molar-refractivity contribution in [1.82, 2.24) is 20.1 Å². The molecule has 2 aliphatic rings. The molecule has 0 bridgehead atoms. The molecule has 2 aliphatic heterocycles. The summed E-state index contributed by atoms with van der Waals surface area (Å²) in [5.41, 5.74) is 3.21. The van der Waals surface area contributed by atoms with Gasteiger partial charge in [-0.3, -0.25) is 14.7 Å². The molecule has 7 heteroatoms. The van der Waals surface area contributed by atoms with Crippen LogP contribution in [0.3, 0.4) is 0 Å². The average Bonchev–Trinajstić information content (AvgIpc) is 3.22. The van der Waals surface area contributed by atoms with E-state index in [0.717, 1.165) is 17.0 Å². The van der Waals surface area contributed by atoms with E-state index in [9.17, 15) is 9.59 Å². The molecule has 0 radical (unpaired) electrons. The van der Waals surface area contributed by atoms with E-state index in [2.05, 4.69) is 10.3 Å². The number of likely N-dealkylation sites (N-methyl/N-ethyl adjacent to an activating group) is 1. The van der Waals surface area contributed by atoms with Crippen LogP contribution in [0, 0.1) is 0 Å². The average molecular weight is 340 g/mol. The molecule has 122 valence electrons. The topological polar surface area (TPSA) is 65.5 Å². The summed E-state index contributed by atoms with van der Waals surface area (Å²) in [6.07, 6.45) is 1.72. The van der Waals surface area contributed by atoms with Gasteiger partial charge in [0.2, 0.25) is 0 Å². The maximum atomic E-state index is 13.0. The Labute approximate surface area is 143 Å². The summed E-state index contributed by atoms with van der Waals surface area (Å²) in [5, 5.41) is 6.84. The third-order valence-electron chi connectivity index (χ3n) is 4.39. The molecule has 1 unspecified atom stereocenters. The molecule has 0 aromatic carbocycles. The first-order valence-corrected chi connectivity index (χ1v) is 8.58. The monoisotopic (exact) mass is 340 g/mol. The van der Waals surface area contributed by atoms with Crippen LogP contribution >= 0.6 is 11.3 Å². The van der Waals surface area contributed by atoms with Crippen LogP contribution in [0.25, 0.3) is 0 Å². The number of hydrogen-bond acceptors (Lipinski definition) is 4. The van der Waals surface area contributed by atoms with E-state index in [0.29, 0.717) is 18.7 Å². The van der Waals surface area contributed by atoms with E-state index >= 15 is 0 Å². The maximum Gasteiger partial charge on any atom is 0.322 e. The molecule has 4 heterocycles. The number of urea groups is 1. The second-order valence-corrected chi connectivity index (χ2v) is 6.62. The SMILES string of the molecule is CN1C(=O)NC(c2ccsc2)C2=C1CN(Cc1ccccn1)C2=O. The van der Waals surface area contributed by atoms with Crippen molar-refractivity contribution in [2.75, 3.05) is 13.6 Å². The van der Waals surface area contributed by atoms with E-state index in [1.165, 1.54) is 4.90 Å². The molecule has 0 fully saturated rings. The fourth-order valence-electron chi connectivity index (χ4n) is 3.13. The van der Waals surface area contributed by atoms with Gasteiger partial charge in [-0.2, -0.15) is 11.3 Å². The number of hydrogen-bond donors (Lipinski definition) is 1. The van der Waals surface area contributed by atoms with Crippen LogP contribution in [-0.4, -0.2) is 40.3 Å². The molecule has 6 nitrogen and oxygen atoms in total. The van der Waals surface area contributed by atoms with Crippen molar-refractivity contribution < 1.29 is 9.59 Å². The molecule has 0 spiro atoms. The third-order valence-corrected chi connectivity index (χ3v) is 5.09. The number of nitrogens with one attached hydrogen (secondary N) is 1. The Bertz CT molecular complexity index is 816. The minimum atomic E-state index is -0.379. The summed E-state index contributed by atoms with van der Waals surface area (Å²) in [4.78, 5) is 32.8. The van der Waals surface area contributed by atoms with Gasteiger partial charge in [0.15, 0.2) is 0 Å². The van der Waals surface area contributed by atoms with Crippen LogP contribution < -0.4 is 5.32 Å². The van der Waals surface area contributed by atoms with Gasteiger partial charge in [0.1, 0.15) is 0 Å². The summed E-state index contributed by atoms with van der Waals surface area (Å²) in [7, 11) is 1.70. The van der Waals surface area contributed by atoms with Gasteiger partial charge in [-0.05, 0) is 34.5 Å². The molecule has 0 saturated heterocycles. The Morgan fingerprint density at radius 2 is 2.21 bits per heavy atom. The second-order valence-electron chi connectivity index (χ2n) is 5.84. The molecule has 1 N–H and O–H groups in total. The highest BCUT2D eigenvalue weighted by Gasteiger charge is 2.42. The Balaban J connectivity index is 1.67. The second kappa shape index (κ2) is 5.76. The minimum absolute atomic E-state index is 0.0429.